The molecule has 0 radical (unpaired) electrons. The zero-order chi connectivity index (χ0) is 17.9. The Morgan fingerprint density at radius 3 is 2.52 bits per heavy atom. The van der Waals surface area contributed by atoms with E-state index in [9.17, 15) is 4.79 Å². The largest absolute Gasteiger partial charge is 0.444 e. The molecule has 0 N–H and O–H groups in total. The van der Waals surface area contributed by atoms with E-state index < -0.39 is 5.60 Å². The van der Waals surface area contributed by atoms with Gasteiger partial charge in [0, 0.05) is 18.0 Å². The molecule has 0 aliphatic carbocycles. The number of amides is 1. The summed E-state index contributed by atoms with van der Waals surface area (Å²) < 4.78 is 5.77. The van der Waals surface area contributed by atoms with Crippen LogP contribution in [-0.4, -0.2) is 33.8 Å². The van der Waals surface area contributed by atoms with Gasteiger partial charge in [0.1, 0.15) is 5.60 Å². The second-order valence-electron chi connectivity index (χ2n) is 7.64. The van der Waals surface area contributed by atoms with Gasteiger partial charge in [-0.1, -0.05) is 6.07 Å². The van der Waals surface area contributed by atoms with Crippen molar-refractivity contribution in [3.8, 4) is 0 Å². The minimum atomic E-state index is -0.420. The summed E-state index contributed by atoms with van der Waals surface area (Å²) in [6.45, 7) is 7.39. The molecule has 6 heteroatoms. The molecule has 0 spiro atoms. The number of likely N-dealkylation sites (tertiary alicyclic amines) is 1. The molecule has 2 aliphatic heterocycles. The maximum Gasteiger partial charge on any atom is 0.410 e. The Kier molecular flexibility index (Phi) is 6.11. The van der Waals surface area contributed by atoms with Gasteiger partial charge in [0.25, 0.3) is 0 Å². The van der Waals surface area contributed by atoms with Crippen LogP contribution in [0.4, 0.5) is 4.79 Å². The quantitative estimate of drug-likeness (QED) is 0.625. The molecular weight excluding hydrogens is 370 g/mol. The van der Waals surface area contributed by atoms with E-state index >= 15 is 0 Å². The lowest BCUT2D eigenvalue weighted by atomic mass is 9.90. The van der Waals surface area contributed by atoms with Crippen LogP contribution in [0.3, 0.4) is 0 Å². The average Bonchev–Trinajstić information content (AvgIpc) is 3.24. The highest BCUT2D eigenvalue weighted by atomic mass is 32.2. The van der Waals surface area contributed by atoms with Crippen LogP contribution in [0.2, 0.25) is 0 Å². The third kappa shape index (κ3) is 4.98. The molecule has 25 heavy (non-hydrogen) atoms. The van der Waals surface area contributed by atoms with Gasteiger partial charge in [0.15, 0.2) is 0 Å². The number of carbonyl (C=O) groups excluding carboxylic acids is 1. The van der Waals surface area contributed by atoms with Crippen molar-refractivity contribution in [1.29, 1.82) is 0 Å². The lowest BCUT2D eigenvalue weighted by molar-refractivity contribution is 0.0179. The first-order chi connectivity index (χ1) is 11.9. The van der Waals surface area contributed by atoms with Gasteiger partial charge in [-0.25, -0.2) is 4.79 Å². The van der Waals surface area contributed by atoms with Crippen LogP contribution in [0.5, 0.6) is 0 Å². The molecule has 1 saturated heterocycles. The first-order valence-electron chi connectivity index (χ1n) is 8.89. The molecule has 0 bridgehead atoms. The molecule has 2 aliphatic rings. The number of nitrogens with zero attached hydrogens (tertiary/aromatic N) is 1. The normalized spacial score (nSPS) is 20.8. The molecule has 1 amide bonds. The van der Waals surface area contributed by atoms with Crippen molar-refractivity contribution in [3.05, 3.63) is 33.2 Å². The molecule has 0 saturated carbocycles. The number of thioether (sulfide) groups is 2. The zero-order valence-electron chi connectivity index (χ0n) is 15.2. The second kappa shape index (κ2) is 7.97. The number of aryl methyl sites for hydroxylation is 1. The lowest BCUT2D eigenvalue weighted by Crippen LogP contribution is -2.45. The van der Waals surface area contributed by atoms with Gasteiger partial charge < -0.3 is 9.64 Å². The number of ether oxygens (including phenoxy) is 1. The fourth-order valence-corrected chi connectivity index (χ4v) is 6.87. The Hall–Kier alpha value is -0.590. The van der Waals surface area contributed by atoms with Crippen LogP contribution in [0, 0.1) is 5.92 Å². The molecule has 1 aromatic heterocycles. The van der Waals surface area contributed by atoms with Crippen LogP contribution in [0.1, 0.15) is 44.9 Å². The smallest absolute Gasteiger partial charge is 0.410 e. The van der Waals surface area contributed by atoms with E-state index in [2.05, 4.69) is 28.3 Å². The van der Waals surface area contributed by atoms with Crippen LogP contribution in [0.25, 0.3) is 0 Å². The number of rotatable bonds is 4. The monoisotopic (exact) mass is 397 g/mol. The van der Waals surface area contributed by atoms with Gasteiger partial charge in [-0.05, 0) is 74.6 Å². The lowest BCUT2D eigenvalue weighted by Gasteiger charge is -2.41. The summed E-state index contributed by atoms with van der Waals surface area (Å²) >= 11 is 5.83. The van der Waals surface area contributed by atoms with Crippen molar-refractivity contribution in [2.75, 3.05) is 13.1 Å². The second-order valence-corrected chi connectivity index (χ2v) is 11.4. The van der Waals surface area contributed by atoms with Crippen molar-refractivity contribution >= 4 is 41.0 Å². The molecule has 3 nitrogen and oxygen atoms in total. The molecule has 0 aromatic carbocycles. The van der Waals surface area contributed by atoms with Crippen LogP contribution in [0.15, 0.2) is 28.3 Å². The Morgan fingerprint density at radius 2 is 1.96 bits per heavy atom. The van der Waals surface area contributed by atoms with Gasteiger partial charge in [0.2, 0.25) is 0 Å². The highest BCUT2D eigenvalue weighted by molar-refractivity contribution is 8.23. The van der Waals surface area contributed by atoms with E-state index in [0.717, 1.165) is 32.4 Å². The van der Waals surface area contributed by atoms with E-state index in [1.54, 1.807) is 0 Å². The van der Waals surface area contributed by atoms with Gasteiger partial charge in [-0.2, -0.15) is 0 Å². The maximum atomic E-state index is 12.3. The molecule has 0 atom stereocenters. The van der Waals surface area contributed by atoms with Crippen LogP contribution >= 0.6 is 34.9 Å². The molecule has 0 unspecified atom stereocenters. The predicted octanol–water partition coefficient (Wildman–Crippen LogP) is 5.98. The summed E-state index contributed by atoms with van der Waals surface area (Å²) in [5, 5.41) is 6.66. The molecule has 138 valence electrons. The minimum Gasteiger partial charge on any atom is -0.444 e. The Bertz CT molecular complexity index is 591. The Labute approximate surface area is 163 Å². The minimum absolute atomic E-state index is 0.163. The number of hydrogen-bond donors (Lipinski definition) is 0. The van der Waals surface area contributed by atoms with E-state index in [0.29, 0.717) is 5.92 Å². The van der Waals surface area contributed by atoms with Crippen molar-refractivity contribution in [2.24, 2.45) is 5.92 Å². The van der Waals surface area contributed by atoms with Gasteiger partial charge in [-0.3, -0.25) is 0 Å². The van der Waals surface area contributed by atoms with Gasteiger partial charge >= 0.3 is 6.09 Å². The first kappa shape index (κ1) is 19.2. The van der Waals surface area contributed by atoms with Gasteiger partial charge in [0.05, 0.1) is 4.08 Å². The summed E-state index contributed by atoms with van der Waals surface area (Å²) in [6, 6.07) is 4.38. The van der Waals surface area contributed by atoms with E-state index in [-0.39, 0.29) is 10.2 Å². The topological polar surface area (TPSA) is 29.5 Å². The molecule has 1 aromatic rings. The Morgan fingerprint density at radius 1 is 1.28 bits per heavy atom. The average molecular weight is 398 g/mol. The van der Waals surface area contributed by atoms with E-state index in [4.69, 9.17) is 4.74 Å². The first-order valence-corrected chi connectivity index (χ1v) is 11.5. The fourth-order valence-electron chi connectivity index (χ4n) is 3.41. The summed E-state index contributed by atoms with van der Waals surface area (Å²) in [4.78, 5) is 15.6. The fraction of sp³-hybridized carbons (Fsp3) is 0.632. The summed E-state index contributed by atoms with van der Waals surface area (Å²) in [5.41, 5.74) is -0.420. The Balaban J connectivity index is 1.56. The van der Waals surface area contributed by atoms with Crippen molar-refractivity contribution in [2.45, 2.75) is 56.1 Å². The van der Waals surface area contributed by atoms with E-state index in [1.807, 2.05) is 60.5 Å². The third-order valence-electron chi connectivity index (χ3n) is 4.66. The summed E-state index contributed by atoms with van der Waals surface area (Å²) in [6.07, 6.45) is 4.29. The highest BCUT2D eigenvalue weighted by Crippen LogP contribution is 2.55. The third-order valence-corrected chi connectivity index (χ3v) is 8.76. The standard InChI is InChI=1S/C19H27NO2S3/c1-18(2,3)22-17(21)20-10-7-15(8-11-20)19(24-13-14-25-19)9-6-16-5-4-12-23-16/h4-5,12-15H,6-11H2,1-3H3. The SMILES string of the molecule is CC(C)(C)OC(=O)N1CCC(C2(CCc3cccs3)SC=CS2)CC1. The maximum absolute atomic E-state index is 12.3. The number of piperidine rings is 1. The van der Waals surface area contributed by atoms with Crippen molar-refractivity contribution < 1.29 is 9.53 Å². The summed E-state index contributed by atoms with van der Waals surface area (Å²) in [5.74, 6) is 0.635. The zero-order valence-corrected chi connectivity index (χ0v) is 17.6. The number of thiophene rings is 1. The highest BCUT2D eigenvalue weighted by Gasteiger charge is 2.43. The predicted molar refractivity (Wildman–Crippen MR) is 110 cm³/mol. The molecule has 3 heterocycles. The van der Waals surface area contributed by atoms with Crippen LogP contribution < -0.4 is 0 Å². The number of carbonyl (C=O) groups is 1. The summed E-state index contributed by atoms with van der Waals surface area (Å²) in [7, 11) is 0. The molecular formula is C19H27NO2S3. The van der Waals surface area contributed by atoms with Crippen molar-refractivity contribution in [1.82, 2.24) is 4.90 Å². The number of hydrogen-bond acceptors (Lipinski definition) is 5. The molecule has 1 fully saturated rings. The van der Waals surface area contributed by atoms with Crippen molar-refractivity contribution in [3.63, 3.8) is 0 Å². The van der Waals surface area contributed by atoms with Crippen LogP contribution in [-0.2, 0) is 11.2 Å². The molecule has 3 rings (SSSR count). The van der Waals surface area contributed by atoms with E-state index in [1.165, 1.54) is 11.3 Å². The van der Waals surface area contributed by atoms with Gasteiger partial charge in [-0.15, -0.1) is 34.9 Å².